The highest BCUT2D eigenvalue weighted by Gasteiger charge is 2.22. The minimum Gasteiger partial charge on any atom is -0.481 e. The molecule has 14 heavy (non-hydrogen) atoms. The van der Waals surface area contributed by atoms with Crippen molar-refractivity contribution in [1.82, 2.24) is 0 Å². The molecule has 1 rings (SSSR count). The topological polar surface area (TPSA) is 37.3 Å². The van der Waals surface area contributed by atoms with Crippen molar-refractivity contribution in [3.8, 4) is 0 Å². The van der Waals surface area contributed by atoms with Crippen molar-refractivity contribution >= 4 is 5.97 Å². The van der Waals surface area contributed by atoms with Gasteiger partial charge in [-0.1, -0.05) is 0 Å². The van der Waals surface area contributed by atoms with Gasteiger partial charge in [-0.2, -0.15) is 0 Å². The third-order valence-electron chi connectivity index (χ3n) is 1.85. The molecule has 2 nitrogen and oxygen atoms in total. The number of carboxylic acids is 1. The lowest BCUT2D eigenvalue weighted by Gasteiger charge is -2.08. The van der Waals surface area contributed by atoms with Gasteiger partial charge < -0.3 is 5.11 Å². The van der Waals surface area contributed by atoms with Crippen LogP contribution in [-0.4, -0.2) is 11.1 Å². The van der Waals surface area contributed by atoms with Crippen LogP contribution >= 0.6 is 0 Å². The van der Waals surface area contributed by atoms with Gasteiger partial charge >= 0.3 is 5.97 Å². The number of benzene rings is 1. The second-order valence-corrected chi connectivity index (χ2v) is 2.84. The molecule has 1 aromatic rings. The van der Waals surface area contributed by atoms with Gasteiger partial charge in [-0.05, 0) is 6.92 Å². The van der Waals surface area contributed by atoms with Crippen LogP contribution in [0.15, 0.2) is 12.1 Å². The Balaban J connectivity index is 3.27. The van der Waals surface area contributed by atoms with Gasteiger partial charge in [0.2, 0.25) is 0 Å². The van der Waals surface area contributed by atoms with Crippen molar-refractivity contribution in [2.75, 3.05) is 0 Å². The van der Waals surface area contributed by atoms with Crippen LogP contribution in [0.1, 0.15) is 18.4 Å². The van der Waals surface area contributed by atoms with Crippen LogP contribution in [0.5, 0.6) is 0 Å². The van der Waals surface area contributed by atoms with E-state index in [0.717, 1.165) is 6.92 Å². The molecule has 0 heterocycles. The monoisotopic (exact) mass is 204 g/mol. The Hall–Kier alpha value is -1.52. The van der Waals surface area contributed by atoms with Crippen LogP contribution in [0.25, 0.3) is 0 Å². The Kier molecular flexibility index (Phi) is 2.78. The maximum absolute atomic E-state index is 13.0. The molecular weight excluding hydrogens is 197 g/mol. The SMILES string of the molecule is CC(C(=O)O)c1c(F)cc(F)cc1F. The highest BCUT2D eigenvalue weighted by molar-refractivity contribution is 5.75. The highest BCUT2D eigenvalue weighted by Crippen LogP contribution is 2.23. The van der Waals surface area contributed by atoms with Gasteiger partial charge in [-0.3, -0.25) is 4.79 Å². The molecule has 0 saturated heterocycles. The lowest BCUT2D eigenvalue weighted by molar-refractivity contribution is -0.138. The lowest BCUT2D eigenvalue weighted by Crippen LogP contribution is -2.11. The van der Waals surface area contributed by atoms with Crippen molar-refractivity contribution in [2.45, 2.75) is 12.8 Å². The molecule has 1 N–H and O–H groups in total. The van der Waals surface area contributed by atoms with E-state index in [4.69, 9.17) is 5.11 Å². The van der Waals surface area contributed by atoms with Gasteiger partial charge in [0.1, 0.15) is 17.5 Å². The van der Waals surface area contributed by atoms with Crippen molar-refractivity contribution in [3.63, 3.8) is 0 Å². The number of carbonyl (C=O) groups is 1. The van der Waals surface area contributed by atoms with Gasteiger partial charge in [0.05, 0.1) is 5.92 Å². The molecule has 0 aliphatic carbocycles. The summed E-state index contributed by atoms with van der Waals surface area (Å²) < 4.78 is 38.4. The maximum atomic E-state index is 13.0. The molecule has 0 aliphatic heterocycles. The van der Waals surface area contributed by atoms with E-state index in [-0.39, 0.29) is 0 Å². The second-order valence-electron chi connectivity index (χ2n) is 2.84. The highest BCUT2D eigenvalue weighted by atomic mass is 19.1. The Morgan fingerprint density at radius 1 is 1.29 bits per heavy atom. The average Bonchev–Trinajstić information content (AvgIpc) is 2.01. The van der Waals surface area contributed by atoms with Crippen LogP contribution < -0.4 is 0 Å². The fourth-order valence-corrected chi connectivity index (χ4v) is 1.09. The minimum atomic E-state index is -1.37. The lowest BCUT2D eigenvalue weighted by atomic mass is 10.00. The van der Waals surface area contributed by atoms with E-state index in [9.17, 15) is 18.0 Å². The molecule has 0 radical (unpaired) electrons. The van der Waals surface area contributed by atoms with E-state index in [2.05, 4.69) is 0 Å². The predicted molar refractivity (Wildman–Crippen MR) is 42.4 cm³/mol. The first kappa shape index (κ1) is 10.6. The van der Waals surface area contributed by atoms with Gasteiger partial charge in [0, 0.05) is 17.7 Å². The zero-order valence-corrected chi connectivity index (χ0v) is 7.22. The summed E-state index contributed by atoms with van der Waals surface area (Å²) in [5.74, 6) is -6.14. The van der Waals surface area contributed by atoms with E-state index >= 15 is 0 Å². The van der Waals surface area contributed by atoms with Crippen LogP contribution in [0.4, 0.5) is 13.2 Å². The molecule has 0 spiro atoms. The van der Waals surface area contributed by atoms with E-state index in [1.54, 1.807) is 0 Å². The van der Waals surface area contributed by atoms with Crippen molar-refractivity contribution in [2.24, 2.45) is 0 Å². The summed E-state index contributed by atoms with van der Waals surface area (Å²) in [4.78, 5) is 10.5. The maximum Gasteiger partial charge on any atom is 0.310 e. The smallest absolute Gasteiger partial charge is 0.310 e. The molecule has 5 heteroatoms. The normalized spacial score (nSPS) is 12.6. The van der Waals surface area contributed by atoms with E-state index in [1.165, 1.54) is 0 Å². The number of hydrogen-bond donors (Lipinski definition) is 1. The standard InChI is InChI=1S/C9H7F3O2/c1-4(9(13)14)8-6(11)2-5(10)3-7(8)12/h2-4H,1H3,(H,13,14). The fourth-order valence-electron chi connectivity index (χ4n) is 1.09. The Morgan fingerprint density at radius 3 is 2.07 bits per heavy atom. The molecule has 0 aliphatic rings. The van der Waals surface area contributed by atoms with Gasteiger partial charge in [0.15, 0.2) is 0 Å². The van der Waals surface area contributed by atoms with Crippen molar-refractivity contribution in [1.29, 1.82) is 0 Å². The van der Waals surface area contributed by atoms with Crippen LogP contribution in [0.2, 0.25) is 0 Å². The van der Waals surface area contributed by atoms with Crippen LogP contribution in [0, 0.1) is 17.5 Å². The molecule has 0 saturated carbocycles. The summed E-state index contributed by atoms with van der Waals surface area (Å²) in [5, 5.41) is 8.53. The number of halogens is 3. The minimum absolute atomic E-state index is 0.456. The molecule has 0 amide bonds. The summed E-state index contributed by atoms with van der Waals surface area (Å²) in [6.45, 7) is 1.13. The summed E-state index contributed by atoms with van der Waals surface area (Å²) in [5.41, 5.74) is -0.626. The first-order valence-corrected chi connectivity index (χ1v) is 3.80. The summed E-state index contributed by atoms with van der Waals surface area (Å²) in [6, 6.07) is 0.912. The quantitative estimate of drug-likeness (QED) is 0.802. The largest absolute Gasteiger partial charge is 0.481 e. The Labute approximate surface area is 78.0 Å². The summed E-state index contributed by atoms with van der Waals surface area (Å²) in [7, 11) is 0. The average molecular weight is 204 g/mol. The van der Waals surface area contributed by atoms with Gasteiger partial charge in [-0.25, -0.2) is 13.2 Å². The second kappa shape index (κ2) is 3.69. The molecule has 1 atom stereocenters. The predicted octanol–water partition coefficient (Wildman–Crippen LogP) is 2.29. The van der Waals surface area contributed by atoms with E-state index < -0.39 is 34.9 Å². The molecule has 76 valence electrons. The molecule has 0 aromatic heterocycles. The number of hydrogen-bond acceptors (Lipinski definition) is 1. The van der Waals surface area contributed by atoms with Gasteiger partial charge in [-0.15, -0.1) is 0 Å². The molecule has 0 bridgehead atoms. The first-order chi connectivity index (χ1) is 6.43. The van der Waals surface area contributed by atoms with E-state index in [0.29, 0.717) is 12.1 Å². The van der Waals surface area contributed by atoms with E-state index in [1.807, 2.05) is 0 Å². The van der Waals surface area contributed by atoms with Crippen LogP contribution in [-0.2, 0) is 4.79 Å². The Bertz CT molecular complexity index is 353. The number of rotatable bonds is 2. The zero-order chi connectivity index (χ0) is 10.9. The first-order valence-electron chi connectivity index (χ1n) is 3.80. The third-order valence-corrected chi connectivity index (χ3v) is 1.85. The van der Waals surface area contributed by atoms with Crippen molar-refractivity contribution in [3.05, 3.63) is 35.1 Å². The van der Waals surface area contributed by atoms with Gasteiger partial charge in [0.25, 0.3) is 0 Å². The molecule has 0 fully saturated rings. The van der Waals surface area contributed by atoms with Crippen molar-refractivity contribution < 1.29 is 23.1 Å². The Morgan fingerprint density at radius 2 is 1.71 bits per heavy atom. The molecule has 1 aromatic carbocycles. The molecule has 1 unspecified atom stereocenters. The summed E-state index contributed by atoms with van der Waals surface area (Å²) in [6.07, 6.45) is 0. The third kappa shape index (κ3) is 1.86. The summed E-state index contributed by atoms with van der Waals surface area (Å²) >= 11 is 0. The fraction of sp³-hybridized carbons (Fsp3) is 0.222. The molecular formula is C9H7F3O2. The van der Waals surface area contributed by atoms with Crippen LogP contribution in [0.3, 0.4) is 0 Å². The zero-order valence-electron chi connectivity index (χ0n) is 7.22. The number of carboxylic acid groups (broad SMARTS) is 1. The number of aliphatic carboxylic acids is 1.